The fourth-order valence-corrected chi connectivity index (χ4v) is 3.87. The zero-order chi connectivity index (χ0) is 20.5. The molecule has 0 aliphatic carbocycles. The first-order chi connectivity index (χ1) is 14.2. The average molecular weight is 410 g/mol. The van der Waals surface area contributed by atoms with E-state index < -0.39 is 11.6 Å². The van der Waals surface area contributed by atoms with Crippen LogP contribution in [-0.4, -0.2) is 62.5 Å². The summed E-state index contributed by atoms with van der Waals surface area (Å²) < 4.78 is 39.0. The Morgan fingerprint density at radius 2 is 2.07 bits per heavy atom. The first kappa shape index (κ1) is 22.0. The third-order valence-electron chi connectivity index (χ3n) is 5.54. The summed E-state index contributed by atoms with van der Waals surface area (Å²) >= 11 is 0. The van der Waals surface area contributed by atoms with Gasteiger partial charge in [0.1, 0.15) is 0 Å². The van der Waals surface area contributed by atoms with Crippen LogP contribution in [0.1, 0.15) is 44.6 Å². The number of rotatable bonds is 7. The summed E-state index contributed by atoms with van der Waals surface area (Å²) in [5.41, 5.74) is 0.363. The van der Waals surface area contributed by atoms with E-state index in [1.165, 1.54) is 12.5 Å². The number of piperidine rings is 1. The van der Waals surface area contributed by atoms with Gasteiger partial charge in [0.25, 0.3) is 0 Å². The summed E-state index contributed by atoms with van der Waals surface area (Å²) in [6, 6.07) is 4.28. The van der Waals surface area contributed by atoms with Gasteiger partial charge in [0.2, 0.25) is 0 Å². The quantitative estimate of drug-likeness (QED) is 0.553. The lowest BCUT2D eigenvalue weighted by atomic mass is 10.1. The maximum atomic E-state index is 13.8. The van der Waals surface area contributed by atoms with Gasteiger partial charge in [-0.2, -0.15) is 0 Å². The second-order valence-corrected chi connectivity index (χ2v) is 7.71. The molecule has 1 atom stereocenters. The average Bonchev–Trinajstić information content (AvgIpc) is 2.76. The number of nitrogens with one attached hydrogen (secondary N) is 1. The van der Waals surface area contributed by atoms with E-state index in [2.05, 4.69) is 15.2 Å². The molecule has 0 amide bonds. The molecule has 0 radical (unpaired) electrons. The highest BCUT2D eigenvalue weighted by Gasteiger charge is 2.23. The molecular formula is C22H33F2N3O2. The summed E-state index contributed by atoms with van der Waals surface area (Å²) in [4.78, 5) is 6.85. The Morgan fingerprint density at radius 1 is 1.24 bits per heavy atom. The van der Waals surface area contributed by atoms with Gasteiger partial charge in [0.05, 0.1) is 18.8 Å². The van der Waals surface area contributed by atoms with Gasteiger partial charge in [-0.05, 0) is 57.1 Å². The maximum Gasteiger partial charge on any atom is 0.193 e. The molecule has 162 valence electrons. The van der Waals surface area contributed by atoms with Gasteiger partial charge in [-0.3, -0.25) is 4.99 Å². The summed E-state index contributed by atoms with van der Waals surface area (Å²) in [6.07, 6.45) is 6.29. The van der Waals surface area contributed by atoms with Crippen molar-refractivity contribution >= 4 is 5.96 Å². The van der Waals surface area contributed by atoms with Gasteiger partial charge in [-0.15, -0.1) is 0 Å². The Balaban J connectivity index is 1.45. The summed E-state index contributed by atoms with van der Waals surface area (Å²) in [5.74, 6) is -0.745. The first-order valence-electron chi connectivity index (χ1n) is 10.9. The van der Waals surface area contributed by atoms with E-state index in [0.717, 1.165) is 64.0 Å². The molecule has 1 aromatic carbocycles. The molecule has 0 saturated carbocycles. The highest BCUT2D eigenvalue weighted by Crippen LogP contribution is 2.18. The molecule has 1 N–H and O–H groups in total. The first-order valence-corrected chi connectivity index (χ1v) is 10.9. The summed E-state index contributed by atoms with van der Waals surface area (Å²) in [7, 11) is 0. The Hall–Kier alpha value is -1.73. The molecule has 3 rings (SSSR count). The van der Waals surface area contributed by atoms with E-state index in [4.69, 9.17) is 9.47 Å². The molecule has 0 bridgehead atoms. The minimum Gasteiger partial charge on any atom is -0.376 e. The van der Waals surface area contributed by atoms with Gasteiger partial charge < -0.3 is 19.7 Å². The Labute approximate surface area is 172 Å². The van der Waals surface area contributed by atoms with E-state index in [0.29, 0.717) is 25.1 Å². The number of nitrogens with zero attached hydrogens (tertiary/aromatic N) is 2. The van der Waals surface area contributed by atoms with Crippen molar-refractivity contribution in [2.45, 2.75) is 57.7 Å². The highest BCUT2D eigenvalue weighted by molar-refractivity contribution is 5.80. The molecular weight excluding hydrogens is 376 g/mol. The van der Waals surface area contributed by atoms with Crippen LogP contribution in [-0.2, 0) is 15.9 Å². The smallest absolute Gasteiger partial charge is 0.193 e. The SMILES string of the molecule is CCNC(=NCCc1cccc(F)c1F)N1CCC(OCC2CCCCO2)CC1. The fraction of sp³-hybridized carbons (Fsp3) is 0.682. The van der Waals surface area contributed by atoms with E-state index >= 15 is 0 Å². The molecule has 1 unspecified atom stereocenters. The van der Waals surface area contributed by atoms with Crippen LogP contribution in [0.4, 0.5) is 8.78 Å². The maximum absolute atomic E-state index is 13.8. The zero-order valence-corrected chi connectivity index (χ0v) is 17.3. The third kappa shape index (κ3) is 6.64. The second kappa shape index (κ2) is 11.5. The molecule has 2 aliphatic heterocycles. The van der Waals surface area contributed by atoms with Gasteiger partial charge in [-0.1, -0.05) is 12.1 Å². The lowest BCUT2D eigenvalue weighted by Crippen LogP contribution is -2.47. The van der Waals surface area contributed by atoms with Crippen molar-refractivity contribution in [3.63, 3.8) is 0 Å². The molecule has 0 aromatic heterocycles. The molecule has 29 heavy (non-hydrogen) atoms. The largest absolute Gasteiger partial charge is 0.376 e. The summed E-state index contributed by atoms with van der Waals surface area (Å²) in [6.45, 7) is 6.50. The number of hydrogen-bond acceptors (Lipinski definition) is 3. The van der Waals surface area contributed by atoms with E-state index in [-0.39, 0.29) is 12.2 Å². The van der Waals surface area contributed by atoms with Crippen molar-refractivity contribution in [3.05, 3.63) is 35.4 Å². The molecule has 2 heterocycles. The number of hydrogen-bond donors (Lipinski definition) is 1. The summed E-state index contributed by atoms with van der Waals surface area (Å²) in [5, 5.41) is 3.31. The third-order valence-corrected chi connectivity index (χ3v) is 5.54. The number of likely N-dealkylation sites (tertiary alicyclic amines) is 1. The topological polar surface area (TPSA) is 46.1 Å². The van der Waals surface area contributed by atoms with Gasteiger partial charge in [0, 0.05) is 32.8 Å². The van der Waals surface area contributed by atoms with Crippen molar-refractivity contribution in [1.29, 1.82) is 0 Å². The molecule has 2 aliphatic rings. The van der Waals surface area contributed by atoms with Crippen molar-refractivity contribution < 1.29 is 18.3 Å². The highest BCUT2D eigenvalue weighted by atomic mass is 19.2. The van der Waals surface area contributed by atoms with Gasteiger partial charge in [0.15, 0.2) is 17.6 Å². The van der Waals surface area contributed by atoms with Crippen LogP contribution in [0.3, 0.4) is 0 Å². The monoisotopic (exact) mass is 409 g/mol. The molecule has 7 heteroatoms. The number of benzene rings is 1. The second-order valence-electron chi connectivity index (χ2n) is 7.71. The zero-order valence-electron chi connectivity index (χ0n) is 17.3. The Bertz CT molecular complexity index is 657. The van der Waals surface area contributed by atoms with Crippen molar-refractivity contribution in [1.82, 2.24) is 10.2 Å². The molecule has 0 spiro atoms. The minimum absolute atomic E-state index is 0.254. The van der Waals surface area contributed by atoms with E-state index in [9.17, 15) is 8.78 Å². The number of aliphatic imine (C=N–C) groups is 1. The van der Waals surface area contributed by atoms with Crippen LogP contribution >= 0.6 is 0 Å². The molecule has 2 fully saturated rings. The van der Waals surface area contributed by atoms with Crippen molar-refractivity contribution in [2.75, 3.05) is 39.4 Å². The van der Waals surface area contributed by atoms with Gasteiger partial charge >= 0.3 is 0 Å². The van der Waals surface area contributed by atoms with Crippen LogP contribution in [0.5, 0.6) is 0 Å². The standard InChI is InChI=1S/C22H33F2N3O2/c1-2-25-22(26-12-9-17-6-5-8-20(23)21(17)24)27-13-10-18(11-14-27)29-16-19-7-3-4-15-28-19/h5-6,8,18-19H,2-4,7,9-16H2,1H3,(H,25,26). The van der Waals surface area contributed by atoms with Crippen LogP contribution in [0, 0.1) is 11.6 Å². The molecule has 5 nitrogen and oxygen atoms in total. The van der Waals surface area contributed by atoms with Crippen LogP contribution in [0.2, 0.25) is 0 Å². The van der Waals surface area contributed by atoms with Crippen LogP contribution in [0.15, 0.2) is 23.2 Å². The number of halogens is 2. The minimum atomic E-state index is -0.806. The number of ether oxygens (including phenoxy) is 2. The van der Waals surface area contributed by atoms with Crippen molar-refractivity contribution in [2.24, 2.45) is 4.99 Å². The molecule has 2 saturated heterocycles. The van der Waals surface area contributed by atoms with E-state index in [1.807, 2.05) is 6.92 Å². The Kier molecular flexibility index (Phi) is 8.68. The normalized spacial score (nSPS) is 21.4. The lowest BCUT2D eigenvalue weighted by molar-refractivity contribution is -0.0721. The number of guanidine groups is 1. The Morgan fingerprint density at radius 3 is 2.79 bits per heavy atom. The fourth-order valence-electron chi connectivity index (χ4n) is 3.87. The van der Waals surface area contributed by atoms with E-state index in [1.54, 1.807) is 6.07 Å². The predicted octanol–water partition coefficient (Wildman–Crippen LogP) is 3.52. The van der Waals surface area contributed by atoms with Crippen molar-refractivity contribution in [3.8, 4) is 0 Å². The molecule has 1 aromatic rings. The van der Waals surface area contributed by atoms with Gasteiger partial charge in [-0.25, -0.2) is 8.78 Å². The predicted molar refractivity (Wildman–Crippen MR) is 110 cm³/mol. The van der Waals surface area contributed by atoms with Crippen LogP contribution < -0.4 is 5.32 Å². The lowest BCUT2D eigenvalue weighted by Gasteiger charge is -2.35. The van der Waals surface area contributed by atoms with Crippen LogP contribution in [0.25, 0.3) is 0 Å².